The molecule has 0 saturated heterocycles. The van der Waals surface area contributed by atoms with Gasteiger partial charge in [0.2, 0.25) is 0 Å². The Balaban J connectivity index is 1.72. The first-order valence-electron chi connectivity index (χ1n) is 9.04. The second kappa shape index (κ2) is 7.15. The normalized spacial score (nSPS) is 12.9. The van der Waals surface area contributed by atoms with E-state index in [0.717, 1.165) is 33.6 Å². The highest BCUT2D eigenvalue weighted by Crippen LogP contribution is 2.35. The number of anilines is 3. The van der Waals surface area contributed by atoms with E-state index in [0.29, 0.717) is 23.5 Å². The number of amides is 1. The smallest absolute Gasteiger partial charge is 0.256 e. The number of hydrogen-bond acceptors (Lipinski definition) is 5. The number of hydrogen-bond donors (Lipinski definition) is 3. The van der Waals surface area contributed by atoms with Gasteiger partial charge in [-0.2, -0.15) is 0 Å². The summed E-state index contributed by atoms with van der Waals surface area (Å²) < 4.78 is 0. The van der Waals surface area contributed by atoms with Crippen molar-refractivity contribution >= 4 is 28.5 Å². The van der Waals surface area contributed by atoms with Crippen LogP contribution in [0.25, 0.3) is 16.7 Å². The fourth-order valence-electron chi connectivity index (χ4n) is 3.30. The second-order valence-electron chi connectivity index (χ2n) is 6.92. The van der Waals surface area contributed by atoms with E-state index in [4.69, 9.17) is 5.73 Å². The first-order chi connectivity index (χ1) is 13.5. The first-order valence-corrected chi connectivity index (χ1v) is 9.04. The Morgan fingerprint density at radius 3 is 2.68 bits per heavy atom. The number of rotatable bonds is 3. The van der Waals surface area contributed by atoms with Crippen molar-refractivity contribution in [2.24, 2.45) is 0 Å². The number of aryl methyl sites for hydroxylation is 1. The fraction of sp³-hybridized carbons (Fsp3) is 0.136. The number of aromatic nitrogens is 2. The van der Waals surface area contributed by atoms with E-state index in [1.54, 1.807) is 18.6 Å². The van der Waals surface area contributed by atoms with E-state index in [9.17, 15) is 4.79 Å². The maximum absolute atomic E-state index is 13.1. The van der Waals surface area contributed by atoms with Gasteiger partial charge in [0.05, 0.1) is 17.6 Å². The van der Waals surface area contributed by atoms with Gasteiger partial charge < -0.3 is 16.4 Å². The molecule has 0 atom stereocenters. The molecular weight excluding hydrogens is 350 g/mol. The molecule has 2 aromatic heterocycles. The summed E-state index contributed by atoms with van der Waals surface area (Å²) in [5, 5.41) is 6.33. The number of benzene rings is 1. The Morgan fingerprint density at radius 2 is 1.93 bits per heavy atom. The third kappa shape index (κ3) is 3.44. The zero-order valence-corrected chi connectivity index (χ0v) is 15.8. The molecule has 0 spiro atoms. The Morgan fingerprint density at radius 1 is 1.07 bits per heavy atom. The predicted octanol–water partition coefficient (Wildman–Crippen LogP) is 3.87. The molecule has 140 valence electrons. The van der Waals surface area contributed by atoms with Crippen LogP contribution in [0.3, 0.4) is 0 Å². The molecule has 28 heavy (non-hydrogen) atoms. The second-order valence-corrected chi connectivity index (χ2v) is 6.92. The highest BCUT2D eigenvalue weighted by Gasteiger charge is 2.23. The number of carbonyl (C=O) groups is 1. The molecule has 0 aliphatic carbocycles. The molecule has 6 nitrogen and oxygen atoms in total. The number of nitrogen functional groups attached to an aromatic ring is 1. The Kier molecular flexibility index (Phi) is 4.53. The minimum absolute atomic E-state index is 0.145. The molecule has 0 fully saturated rings. The molecule has 1 aliphatic rings. The number of carbonyl (C=O) groups excluding carboxylic acids is 1. The molecule has 0 radical (unpaired) electrons. The summed E-state index contributed by atoms with van der Waals surface area (Å²) in [7, 11) is 0. The Labute approximate surface area is 163 Å². The van der Waals surface area contributed by atoms with Crippen molar-refractivity contribution in [3.63, 3.8) is 0 Å². The van der Waals surface area contributed by atoms with Crippen molar-refractivity contribution in [2.75, 3.05) is 22.9 Å². The standard InChI is InChI=1S/C22H21N5O/c1-13-9-26-20-6-4-15(16-7-17(23)11-24-10-16)8-19(20)21(13)22(28)27-18-5-3-14(2)25-12-18/h3-8,10-12,26H,9,23H2,1-2H3,(H,27,28). The van der Waals surface area contributed by atoms with Crippen LogP contribution < -0.4 is 16.4 Å². The molecule has 4 N–H and O–H groups in total. The van der Waals surface area contributed by atoms with Gasteiger partial charge in [-0.05, 0) is 55.3 Å². The van der Waals surface area contributed by atoms with Crippen LogP contribution in [0.2, 0.25) is 0 Å². The zero-order chi connectivity index (χ0) is 19.7. The van der Waals surface area contributed by atoms with Crippen molar-refractivity contribution in [1.82, 2.24) is 9.97 Å². The summed E-state index contributed by atoms with van der Waals surface area (Å²) in [4.78, 5) is 21.5. The summed E-state index contributed by atoms with van der Waals surface area (Å²) in [6.45, 7) is 4.50. The van der Waals surface area contributed by atoms with E-state index in [-0.39, 0.29) is 5.91 Å². The van der Waals surface area contributed by atoms with E-state index in [2.05, 4.69) is 20.6 Å². The van der Waals surface area contributed by atoms with Gasteiger partial charge in [0, 0.05) is 47.0 Å². The van der Waals surface area contributed by atoms with Gasteiger partial charge in [-0.3, -0.25) is 14.8 Å². The maximum Gasteiger partial charge on any atom is 0.256 e. The van der Waals surface area contributed by atoms with Crippen LogP contribution in [0.1, 0.15) is 18.2 Å². The molecule has 1 aromatic carbocycles. The van der Waals surface area contributed by atoms with Crippen molar-refractivity contribution < 1.29 is 4.79 Å². The zero-order valence-electron chi connectivity index (χ0n) is 15.8. The fourth-order valence-corrected chi connectivity index (χ4v) is 3.30. The van der Waals surface area contributed by atoms with E-state index < -0.39 is 0 Å². The highest BCUT2D eigenvalue weighted by molar-refractivity contribution is 6.27. The summed E-state index contributed by atoms with van der Waals surface area (Å²) >= 11 is 0. The van der Waals surface area contributed by atoms with Gasteiger partial charge in [0.25, 0.3) is 5.91 Å². The summed E-state index contributed by atoms with van der Waals surface area (Å²) in [5.74, 6) is -0.145. The van der Waals surface area contributed by atoms with Crippen LogP contribution in [-0.4, -0.2) is 22.4 Å². The minimum atomic E-state index is -0.145. The lowest BCUT2D eigenvalue weighted by atomic mass is 9.91. The quantitative estimate of drug-likeness (QED) is 0.650. The summed E-state index contributed by atoms with van der Waals surface area (Å²) in [5.41, 5.74) is 13.4. The Bertz CT molecular complexity index is 1090. The van der Waals surface area contributed by atoms with Crippen LogP contribution >= 0.6 is 0 Å². The van der Waals surface area contributed by atoms with E-state index in [1.165, 1.54) is 0 Å². The SMILES string of the molecule is CC1=C(C(=O)Nc2ccc(C)nc2)c2cc(-c3cncc(N)c3)ccc2NC1. The molecule has 0 unspecified atom stereocenters. The van der Waals surface area contributed by atoms with Gasteiger partial charge >= 0.3 is 0 Å². The largest absolute Gasteiger partial charge is 0.397 e. The lowest BCUT2D eigenvalue weighted by Gasteiger charge is -2.23. The molecule has 6 heteroatoms. The van der Waals surface area contributed by atoms with Crippen LogP contribution in [0.5, 0.6) is 0 Å². The van der Waals surface area contributed by atoms with Crippen molar-refractivity contribution in [3.05, 3.63) is 71.8 Å². The van der Waals surface area contributed by atoms with Gasteiger partial charge in [-0.1, -0.05) is 6.07 Å². The third-order valence-corrected chi connectivity index (χ3v) is 4.75. The molecule has 3 aromatic rings. The van der Waals surface area contributed by atoms with Crippen LogP contribution in [-0.2, 0) is 4.79 Å². The first kappa shape index (κ1) is 17.7. The third-order valence-electron chi connectivity index (χ3n) is 4.75. The summed E-state index contributed by atoms with van der Waals surface area (Å²) in [6.07, 6.45) is 5.05. The lowest BCUT2D eigenvalue weighted by Crippen LogP contribution is -2.21. The number of nitrogens with one attached hydrogen (secondary N) is 2. The van der Waals surface area contributed by atoms with Gasteiger partial charge in [-0.25, -0.2) is 0 Å². The molecule has 3 heterocycles. The summed E-state index contributed by atoms with van der Waals surface area (Å²) in [6, 6.07) is 11.6. The average Bonchev–Trinajstić information content (AvgIpc) is 2.69. The predicted molar refractivity (Wildman–Crippen MR) is 113 cm³/mol. The highest BCUT2D eigenvalue weighted by atomic mass is 16.1. The Hall–Kier alpha value is -3.67. The molecule has 1 amide bonds. The number of fused-ring (bicyclic) bond motifs is 1. The molecule has 4 rings (SSSR count). The molecule has 0 bridgehead atoms. The lowest BCUT2D eigenvalue weighted by molar-refractivity contribution is -0.111. The molecular formula is C22H21N5O. The van der Waals surface area contributed by atoms with E-state index >= 15 is 0 Å². The molecule has 0 saturated carbocycles. The van der Waals surface area contributed by atoms with Crippen LogP contribution in [0.15, 0.2) is 60.6 Å². The van der Waals surface area contributed by atoms with Gasteiger partial charge in [0.15, 0.2) is 0 Å². The minimum Gasteiger partial charge on any atom is -0.397 e. The van der Waals surface area contributed by atoms with Crippen LogP contribution in [0, 0.1) is 6.92 Å². The van der Waals surface area contributed by atoms with Gasteiger partial charge in [0.1, 0.15) is 0 Å². The number of nitrogens with two attached hydrogens (primary N) is 1. The topological polar surface area (TPSA) is 92.9 Å². The van der Waals surface area contributed by atoms with Crippen molar-refractivity contribution in [3.8, 4) is 11.1 Å². The van der Waals surface area contributed by atoms with Crippen LogP contribution in [0.4, 0.5) is 17.1 Å². The monoisotopic (exact) mass is 371 g/mol. The number of nitrogens with zero attached hydrogens (tertiary/aromatic N) is 2. The maximum atomic E-state index is 13.1. The van der Waals surface area contributed by atoms with Crippen molar-refractivity contribution in [2.45, 2.75) is 13.8 Å². The van der Waals surface area contributed by atoms with Crippen molar-refractivity contribution in [1.29, 1.82) is 0 Å². The van der Waals surface area contributed by atoms with Gasteiger partial charge in [-0.15, -0.1) is 0 Å². The average molecular weight is 371 g/mol. The number of pyridine rings is 2. The molecule has 1 aliphatic heterocycles. The van der Waals surface area contributed by atoms with E-state index in [1.807, 2.05) is 50.2 Å².